The number of rotatable bonds is 5. The first-order valence-corrected chi connectivity index (χ1v) is 7.10. The summed E-state index contributed by atoms with van der Waals surface area (Å²) in [5.41, 5.74) is 0.658. The van der Waals surface area contributed by atoms with E-state index in [0.29, 0.717) is 5.56 Å². The molecule has 1 fully saturated rings. The number of hydrogen-bond acceptors (Lipinski definition) is 2. The maximum absolute atomic E-state index is 13.3. The molecule has 3 rings (SSSR count). The summed E-state index contributed by atoms with van der Waals surface area (Å²) in [4.78, 5) is 12.3. The van der Waals surface area contributed by atoms with Gasteiger partial charge in [-0.3, -0.25) is 4.79 Å². The SMILES string of the molecule is O=C(NC1CC1)[C@@H](Oc1ccc(F)c(F)c1)c1ccccc1. The van der Waals surface area contributed by atoms with Crippen LogP contribution in [0.15, 0.2) is 48.5 Å². The number of hydrogen-bond donors (Lipinski definition) is 1. The third kappa shape index (κ3) is 3.42. The molecule has 0 unspecified atom stereocenters. The quantitative estimate of drug-likeness (QED) is 0.920. The van der Waals surface area contributed by atoms with Crippen molar-refractivity contribution in [2.45, 2.75) is 25.0 Å². The Morgan fingerprint density at radius 2 is 1.82 bits per heavy atom. The molecular weight excluding hydrogens is 288 g/mol. The minimum atomic E-state index is -1.01. The summed E-state index contributed by atoms with van der Waals surface area (Å²) in [6.45, 7) is 0. The zero-order chi connectivity index (χ0) is 15.5. The van der Waals surface area contributed by atoms with E-state index in [0.717, 1.165) is 25.0 Å². The number of carbonyl (C=O) groups excluding carboxylic acids is 1. The van der Waals surface area contributed by atoms with Gasteiger partial charge < -0.3 is 10.1 Å². The first-order chi connectivity index (χ1) is 10.6. The molecule has 3 nitrogen and oxygen atoms in total. The Balaban J connectivity index is 1.83. The van der Waals surface area contributed by atoms with Gasteiger partial charge in [-0.1, -0.05) is 30.3 Å². The zero-order valence-corrected chi connectivity index (χ0v) is 11.8. The molecule has 0 saturated heterocycles. The van der Waals surface area contributed by atoms with Crippen molar-refractivity contribution in [1.29, 1.82) is 0 Å². The zero-order valence-electron chi connectivity index (χ0n) is 11.8. The van der Waals surface area contributed by atoms with E-state index in [-0.39, 0.29) is 17.7 Å². The minimum absolute atomic E-state index is 0.110. The molecule has 5 heteroatoms. The fourth-order valence-corrected chi connectivity index (χ4v) is 2.09. The van der Waals surface area contributed by atoms with E-state index in [1.54, 1.807) is 24.3 Å². The molecule has 0 heterocycles. The second-order valence-corrected chi connectivity index (χ2v) is 5.27. The highest BCUT2D eigenvalue weighted by Gasteiger charge is 2.29. The number of ether oxygens (including phenoxy) is 1. The number of amides is 1. The van der Waals surface area contributed by atoms with Crippen molar-refractivity contribution in [3.63, 3.8) is 0 Å². The van der Waals surface area contributed by atoms with Gasteiger partial charge >= 0.3 is 0 Å². The predicted molar refractivity (Wildman–Crippen MR) is 77.3 cm³/mol. The van der Waals surface area contributed by atoms with Crippen LogP contribution in [-0.4, -0.2) is 11.9 Å². The monoisotopic (exact) mass is 303 g/mol. The summed E-state index contributed by atoms with van der Waals surface area (Å²) in [6, 6.07) is 12.3. The van der Waals surface area contributed by atoms with Crippen molar-refractivity contribution in [3.05, 3.63) is 65.7 Å². The summed E-state index contributed by atoms with van der Waals surface area (Å²) >= 11 is 0. The standard InChI is InChI=1S/C17H15F2NO2/c18-14-9-8-13(10-15(14)19)22-16(11-4-2-1-3-5-11)17(21)20-12-6-7-12/h1-5,8-10,12,16H,6-7H2,(H,20,21)/t16-/m0/s1. The summed E-state index contributed by atoms with van der Waals surface area (Å²) in [5, 5.41) is 2.87. The molecule has 2 aromatic carbocycles. The predicted octanol–water partition coefficient (Wildman–Crippen LogP) is 3.36. The maximum Gasteiger partial charge on any atom is 0.266 e. The highest BCUT2D eigenvalue weighted by Crippen LogP contribution is 2.26. The van der Waals surface area contributed by atoms with Crippen LogP contribution in [0.2, 0.25) is 0 Å². The lowest BCUT2D eigenvalue weighted by Crippen LogP contribution is -2.33. The Bertz CT molecular complexity index is 672. The van der Waals surface area contributed by atoms with Crippen LogP contribution in [0.3, 0.4) is 0 Å². The Morgan fingerprint density at radius 1 is 1.09 bits per heavy atom. The fourth-order valence-electron chi connectivity index (χ4n) is 2.09. The normalized spacial score (nSPS) is 15.2. The van der Waals surface area contributed by atoms with Crippen molar-refractivity contribution < 1.29 is 18.3 Å². The van der Waals surface area contributed by atoms with E-state index in [1.165, 1.54) is 6.07 Å². The summed E-state index contributed by atoms with van der Waals surface area (Å²) < 4.78 is 31.9. The number of halogens is 2. The van der Waals surface area contributed by atoms with Gasteiger partial charge in [-0.15, -0.1) is 0 Å². The molecule has 1 N–H and O–H groups in total. The summed E-state index contributed by atoms with van der Waals surface area (Å²) in [5.74, 6) is -2.13. The molecule has 0 spiro atoms. The highest BCUT2D eigenvalue weighted by molar-refractivity contribution is 5.83. The lowest BCUT2D eigenvalue weighted by molar-refractivity contribution is -0.128. The van der Waals surface area contributed by atoms with E-state index in [1.807, 2.05) is 6.07 Å². The van der Waals surface area contributed by atoms with Gasteiger partial charge in [-0.25, -0.2) is 8.78 Å². The van der Waals surface area contributed by atoms with Crippen LogP contribution in [0.1, 0.15) is 24.5 Å². The molecule has 22 heavy (non-hydrogen) atoms. The Labute approximate surface area is 126 Å². The van der Waals surface area contributed by atoms with Gasteiger partial charge in [0.1, 0.15) is 5.75 Å². The average molecular weight is 303 g/mol. The van der Waals surface area contributed by atoms with E-state index >= 15 is 0 Å². The Kier molecular flexibility index (Phi) is 4.04. The van der Waals surface area contributed by atoms with Gasteiger partial charge in [-0.05, 0) is 25.0 Å². The molecule has 0 radical (unpaired) electrons. The first-order valence-electron chi connectivity index (χ1n) is 7.10. The second-order valence-electron chi connectivity index (χ2n) is 5.27. The van der Waals surface area contributed by atoms with Gasteiger partial charge in [0.2, 0.25) is 6.10 Å². The van der Waals surface area contributed by atoms with Crippen LogP contribution in [0.4, 0.5) is 8.78 Å². The van der Waals surface area contributed by atoms with Gasteiger partial charge in [0.25, 0.3) is 5.91 Å². The van der Waals surface area contributed by atoms with Crippen LogP contribution in [0.5, 0.6) is 5.75 Å². The van der Waals surface area contributed by atoms with Gasteiger partial charge in [0.15, 0.2) is 11.6 Å². The summed E-state index contributed by atoms with van der Waals surface area (Å²) in [6.07, 6.45) is 1.02. The third-order valence-electron chi connectivity index (χ3n) is 3.41. The number of carbonyl (C=O) groups is 1. The Morgan fingerprint density at radius 3 is 2.45 bits per heavy atom. The van der Waals surface area contributed by atoms with Crippen molar-refractivity contribution in [1.82, 2.24) is 5.32 Å². The van der Waals surface area contributed by atoms with E-state index in [4.69, 9.17) is 4.74 Å². The van der Waals surface area contributed by atoms with Gasteiger partial charge in [0, 0.05) is 17.7 Å². The van der Waals surface area contributed by atoms with Crippen LogP contribution in [-0.2, 0) is 4.79 Å². The van der Waals surface area contributed by atoms with Crippen LogP contribution in [0.25, 0.3) is 0 Å². The lowest BCUT2D eigenvalue weighted by Gasteiger charge is -2.19. The molecule has 2 aromatic rings. The molecule has 0 aliphatic heterocycles. The highest BCUT2D eigenvalue weighted by atomic mass is 19.2. The molecule has 1 aliphatic carbocycles. The lowest BCUT2D eigenvalue weighted by atomic mass is 10.1. The van der Waals surface area contributed by atoms with Crippen LogP contribution < -0.4 is 10.1 Å². The largest absolute Gasteiger partial charge is 0.476 e. The average Bonchev–Trinajstić information content (AvgIpc) is 3.33. The first kappa shape index (κ1) is 14.5. The van der Waals surface area contributed by atoms with Crippen molar-refractivity contribution in [2.24, 2.45) is 0 Å². The Hall–Kier alpha value is -2.43. The minimum Gasteiger partial charge on any atom is -0.476 e. The van der Waals surface area contributed by atoms with Crippen LogP contribution >= 0.6 is 0 Å². The smallest absolute Gasteiger partial charge is 0.266 e. The van der Waals surface area contributed by atoms with Crippen molar-refractivity contribution in [3.8, 4) is 5.75 Å². The molecule has 1 amide bonds. The third-order valence-corrected chi connectivity index (χ3v) is 3.41. The maximum atomic E-state index is 13.3. The molecule has 0 bridgehead atoms. The van der Waals surface area contributed by atoms with Gasteiger partial charge in [-0.2, -0.15) is 0 Å². The number of benzene rings is 2. The van der Waals surface area contributed by atoms with E-state index in [9.17, 15) is 13.6 Å². The molecule has 1 atom stereocenters. The fraction of sp³-hybridized carbons (Fsp3) is 0.235. The molecule has 0 aromatic heterocycles. The topological polar surface area (TPSA) is 38.3 Å². The van der Waals surface area contributed by atoms with E-state index in [2.05, 4.69) is 5.32 Å². The van der Waals surface area contributed by atoms with Crippen molar-refractivity contribution >= 4 is 5.91 Å². The van der Waals surface area contributed by atoms with E-state index < -0.39 is 17.7 Å². The molecule has 114 valence electrons. The second kappa shape index (κ2) is 6.13. The van der Waals surface area contributed by atoms with Crippen molar-refractivity contribution in [2.75, 3.05) is 0 Å². The summed E-state index contributed by atoms with van der Waals surface area (Å²) in [7, 11) is 0. The molecule has 1 aliphatic rings. The van der Waals surface area contributed by atoms with Crippen LogP contribution in [0, 0.1) is 11.6 Å². The number of nitrogens with one attached hydrogen (secondary N) is 1. The van der Waals surface area contributed by atoms with Gasteiger partial charge in [0.05, 0.1) is 0 Å². The molecular formula is C17H15F2NO2. The molecule has 1 saturated carbocycles.